The second kappa shape index (κ2) is 4.67. The summed E-state index contributed by atoms with van der Waals surface area (Å²) in [6.45, 7) is 6.07. The molecular formula is C15H17N3O2. The van der Waals surface area contributed by atoms with Gasteiger partial charge in [-0.05, 0) is 19.4 Å². The molecule has 0 radical (unpaired) electrons. The van der Waals surface area contributed by atoms with Gasteiger partial charge < -0.3 is 10.0 Å². The first-order chi connectivity index (χ1) is 9.56. The molecule has 0 bridgehead atoms. The molecule has 0 saturated carbocycles. The van der Waals surface area contributed by atoms with Gasteiger partial charge in [-0.15, -0.1) is 0 Å². The molecule has 1 aliphatic rings. The fourth-order valence-corrected chi connectivity index (χ4v) is 2.69. The highest BCUT2D eigenvalue weighted by Gasteiger charge is 2.29. The van der Waals surface area contributed by atoms with Crippen LogP contribution in [0, 0.1) is 13.8 Å². The smallest absolute Gasteiger partial charge is 0.341 e. The second-order valence-corrected chi connectivity index (χ2v) is 5.22. The Kier molecular flexibility index (Phi) is 2.97. The van der Waals surface area contributed by atoms with E-state index < -0.39 is 5.97 Å². The summed E-state index contributed by atoms with van der Waals surface area (Å²) in [7, 11) is 0. The lowest BCUT2D eigenvalue weighted by atomic mass is 10.1. The predicted molar refractivity (Wildman–Crippen MR) is 76.2 cm³/mol. The molecule has 0 atom stereocenters. The van der Waals surface area contributed by atoms with Crippen LogP contribution in [0.1, 0.15) is 27.2 Å². The fourth-order valence-electron chi connectivity index (χ4n) is 2.69. The van der Waals surface area contributed by atoms with Gasteiger partial charge in [0.1, 0.15) is 11.4 Å². The van der Waals surface area contributed by atoms with Crippen molar-refractivity contribution in [1.29, 1.82) is 0 Å². The van der Waals surface area contributed by atoms with Crippen LogP contribution in [-0.2, 0) is 13.1 Å². The molecule has 0 aliphatic carbocycles. The number of carbonyl (C=O) groups is 1. The molecule has 1 aliphatic heterocycles. The number of rotatable bonds is 3. The number of carboxylic acid groups (broad SMARTS) is 1. The van der Waals surface area contributed by atoms with Crippen LogP contribution in [0.2, 0.25) is 0 Å². The first-order valence-electron chi connectivity index (χ1n) is 6.67. The molecule has 2 heterocycles. The highest BCUT2D eigenvalue weighted by molar-refractivity contribution is 5.95. The SMILES string of the molecule is Cc1ccc(CN2CCn3nc(C)c(C(=O)O)c32)cc1. The van der Waals surface area contributed by atoms with Crippen molar-refractivity contribution in [2.45, 2.75) is 26.9 Å². The van der Waals surface area contributed by atoms with Crippen molar-refractivity contribution in [2.24, 2.45) is 0 Å². The quantitative estimate of drug-likeness (QED) is 0.930. The van der Waals surface area contributed by atoms with Crippen molar-refractivity contribution >= 4 is 11.8 Å². The van der Waals surface area contributed by atoms with E-state index in [4.69, 9.17) is 0 Å². The van der Waals surface area contributed by atoms with Gasteiger partial charge in [-0.3, -0.25) is 0 Å². The Morgan fingerprint density at radius 1 is 1.25 bits per heavy atom. The molecule has 5 heteroatoms. The van der Waals surface area contributed by atoms with Crippen LogP contribution in [0.3, 0.4) is 0 Å². The minimum Gasteiger partial charge on any atom is -0.477 e. The largest absolute Gasteiger partial charge is 0.477 e. The zero-order valence-electron chi connectivity index (χ0n) is 11.6. The van der Waals surface area contributed by atoms with E-state index in [1.807, 2.05) is 0 Å². The Hall–Kier alpha value is -2.30. The van der Waals surface area contributed by atoms with E-state index in [0.717, 1.165) is 18.9 Å². The summed E-state index contributed by atoms with van der Waals surface area (Å²) in [4.78, 5) is 13.5. The molecule has 2 aromatic rings. The number of hydrogen-bond donors (Lipinski definition) is 1. The topological polar surface area (TPSA) is 58.4 Å². The Morgan fingerprint density at radius 3 is 2.60 bits per heavy atom. The molecule has 0 saturated heterocycles. The van der Waals surface area contributed by atoms with Crippen LogP contribution < -0.4 is 4.90 Å². The van der Waals surface area contributed by atoms with Crippen LogP contribution in [-0.4, -0.2) is 27.4 Å². The van der Waals surface area contributed by atoms with Crippen molar-refractivity contribution < 1.29 is 9.90 Å². The Labute approximate surface area is 117 Å². The molecule has 0 unspecified atom stereocenters. The molecule has 0 spiro atoms. The van der Waals surface area contributed by atoms with E-state index in [9.17, 15) is 9.90 Å². The molecule has 0 fully saturated rings. The third-order valence-electron chi connectivity index (χ3n) is 3.69. The number of aromatic nitrogens is 2. The summed E-state index contributed by atoms with van der Waals surface area (Å²) >= 11 is 0. The zero-order chi connectivity index (χ0) is 14.3. The maximum Gasteiger partial charge on any atom is 0.341 e. The second-order valence-electron chi connectivity index (χ2n) is 5.22. The van der Waals surface area contributed by atoms with Gasteiger partial charge in [0.2, 0.25) is 0 Å². The lowest BCUT2D eigenvalue weighted by Gasteiger charge is -2.18. The first-order valence-corrected chi connectivity index (χ1v) is 6.67. The van der Waals surface area contributed by atoms with Crippen molar-refractivity contribution in [1.82, 2.24) is 9.78 Å². The first kappa shape index (κ1) is 12.7. The highest BCUT2D eigenvalue weighted by Crippen LogP contribution is 2.29. The van der Waals surface area contributed by atoms with Gasteiger partial charge in [0.15, 0.2) is 0 Å². The van der Waals surface area contributed by atoms with Gasteiger partial charge in [-0.2, -0.15) is 5.10 Å². The molecule has 104 valence electrons. The van der Waals surface area contributed by atoms with Crippen molar-refractivity contribution in [3.8, 4) is 0 Å². The molecule has 20 heavy (non-hydrogen) atoms. The standard InChI is InChI=1S/C15H17N3O2/c1-10-3-5-12(6-4-10)9-17-7-8-18-14(17)13(15(19)20)11(2)16-18/h3-6H,7-9H2,1-2H3,(H,19,20). The summed E-state index contributed by atoms with van der Waals surface area (Å²) in [6, 6.07) is 8.32. The van der Waals surface area contributed by atoms with Gasteiger partial charge in [-0.25, -0.2) is 9.48 Å². The molecule has 1 N–H and O–H groups in total. The molecule has 5 nitrogen and oxygen atoms in total. The van der Waals surface area contributed by atoms with Gasteiger partial charge >= 0.3 is 5.97 Å². The third kappa shape index (κ3) is 2.05. The van der Waals surface area contributed by atoms with Crippen LogP contribution in [0.25, 0.3) is 0 Å². The number of anilines is 1. The van der Waals surface area contributed by atoms with Crippen LogP contribution in [0.4, 0.5) is 5.82 Å². The van der Waals surface area contributed by atoms with Crippen LogP contribution in [0.15, 0.2) is 24.3 Å². The fraction of sp³-hybridized carbons (Fsp3) is 0.333. The lowest BCUT2D eigenvalue weighted by Crippen LogP contribution is -2.21. The molecule has 1 aromatic heterocycles. The van der Waals surface area contributed by atoms with Gasteiger partial charge in [0.25, 0.3) is 0 Å². The average molecular weight is 271 g/mol. The number of hydrogen-bond acceptors (Lipinski definition) is 3. The summed E-state index contributed by atoms with van der Waals surface area (Å²) in [6.07, 6.45) is 0. The normalized spacial score (nSPS) is 13.6. The summed E-state index contributed by atoms with van der Waals surface area (Å²) in [5.74, 6) is -0.171. The van der Waals surface area contributed by atoms with E-state index in [0.29, 0.717) is 17.8 Å². The predicted octanol–water partition coefficient (Wildman–Crippen LogP) is 2.22. The molecule has 0 amide bonds. The minimum atomic E-state index is -0.903. The number of aromatic carboxylic acids is 1. The van der Waals surface area contributed by atoms with Crippen LogP contribution >= 0.6 is 0 Å². The Morgan fingerprint density at radius 2 is 1.95 bits per heavy atom. The molecule has 1 aromatic carbocycles. The summed E-state index contributed by atoms with van der Waals surface area (Å²) < 4.78 is 1.80. The maximum atomic E-state index is 11.4. The maximum absolute atomic E-state index is 11.4. The zero-order valence-corrected chi connectivity index (χ0v) is 11.6. The molecule has 3 rings (SSSR count). The third-order valence-corrected chi connectivity index (χ3v) is 3.69. The molecular weight excluding hydrogens is 254 g/mol. The summed E-state index contributed by atoms with van der Waals surface area (Å²) in [5, 5.41) is 13.7. The number of aryl methyl sites for hydroxylation is 2. The number of nitrogens with zero attached hydrogens (tertiary/aromatic N) is 3. The lowest BCUT2D eigenvalue weighted by molar-refractivity contribution is 0.0697. The number of fused-ring (bicyclic) bond motifs is 1. The Balaban J connectivity index is 1.92. The van der Waals surface area contributed by atoms with Crippen molar-refractivity contribution in [3.05, 3.63) is 46.6 Å². The summed E-state index contributed by atoms with van der Waals surface area (Å²) in [5.41, 5.74) is 3.32. The Bertz CT molecular complexity index is 659. The number of carboxylic acids is 1. The van der Waals surface area contributed by atoms with Gasteiger partial charge in [0.05, 0.1) is 12.2 Å². The van der Waals surface area contributed by atoms with E-state index in [2.05, 4.69) is 41.2 Å². The van der Waals surface area contributed by atoms with Gasteiger partial charge in [0, 0.05) is 13.1 Å². The van der Waals surface area contributed by atoms with E-state index in [1.165, 1.54) is 11.1 Å². The van der Waals surface area contributed by atoms with E-state index in [1.54, 1.807) is 11.6 Å². The van der Waals surface area contributed by atoms with Crippen molar-refractivity contribution in [3.63, 3.8) is 0 Å². The van der Waals surface area contributed by atoms with Gasteiger partial charge in [-0.1, -0.05) is 29.8 Å². The number of benzene rings is 1. The minimum absolute atomic E-state index is 0.328. The highest BCUT2D eigenvalue weighted by atomic mass is 16.4. The monoisotopic (exact) mass is 271 g/mol. The van der Waals surface area contributed by atoms with E-state index in [-0.39, 0.29) is 0 Å². The van der Waals surface area contributed by atoms with E-state index >= 15 is 0 Å². The van der Waals surface area contributed by atoms with Crippen LogP contribution in [0.5, 0.6) is 0 Å². The van der Waals surface area contributed by atoms with Crippen molar-refractivity contribution in [2.75, 3.05) is 11.4 Å². The average Bonchev–Trinajstić information content (AvgIpc) is 2.91.